The van der Waals surface area contributed by atoms with E-state index in [9.17, 15) is 8.78 Å². The van der Waals surface area contributed by atoms with E-state index in [2.05, 4.69) is 5.10 Å². The lowest BCUT2D eigenvalue weighted by molar-refractivity contribution is 0.0886. The minimum Gasteiger partial charge on any atom is -0.275 e. The predicted molar refractivity (Wildman–Crippen MR) is 37.7 cm³/mol. The monoisotopic (exact) mass is 180 g/mol. The molecular weight excluding hydrogens is 174 g/mol. The molecule has 0 aliphatic carbocycles. The van der Waals surface area contributed by atoms with Crippen LogP contribution in [-0.4, -0.2) is 9.78 Å². The molecular formula is C6H7ClF2N2. The van der Waals surface area contributed by atoms with Crippen molar-refractivity contribution in [1.29, 1.82) is 0 Å². The van der Waals surface area contributed by atoms with Crippen LogP contribution in [0.3, 0.4) is 0 Å². The standard InChI is InChI=1S/C6H7ClF2N2/c1-4-3-11(2)10-5(4)6(7,8)9/h3H,1-2H3. The van der Waals surface area contributed by atoms with Crippen LogP contribution in [0.2, 0.25) is 0 Å². The third-order valence-corrected chi connectivity index (χ3v) is 1.46. The van der Waals surface area contributed by atoms with E-state index >= 15 is 0 Å². The number of rotatable bonds is 1. The Bertz CT molecular complexity index is 264. The summed E-state index contributed by atoms with van der Waals surface area (Å²) in [5.74, 6) is 0. The lowest BCUT2D eigenvalue weighted by Gasteiger charge is -2.03. The number of hydrogen-bond acceptors (Lipinski definition) is 1. The van der Waals surface area contributed by atoms with E-state index in [-0.39, 0.29) is 5.69 Å². The third kappa shape index (κ3) is 1.68. The van der Waals surface area contributed by atoms with Crippen molar-refractivity contribution in [3.63, 3.8) is 0 Å². The van der Waals surface area contributed by atoms with E-state index in [1.165, 1.54) is 10.9 Å². The van der Waals surface area contributed by atoms with Crippen LogP contribution in [0, 0.1) is 6.92 Å². The normalized spacial score (nSPS) is 12.1. The summed E-state index contributed by atoms with van der Waals surface area (Å²) in [6.45, 7) is 1.54. The van der Waals surface area contributed by atoms with Gasteiger partial charge in [0.1, 0.15) is 0 Å². The maximum atomic E-state index is 12.4. The number of hydrogen-bond donors (Lipinski definition) is 0. The molecule has 1 aromatic heterocycles. The molecule has 0 amide bonds. The van der Waals surface area contributed by atoms with Crippen molar-refractivity contribution >= 4 is 11.6 Å². The van der Waals surface area contributed by atoms with Gasteiger partial charge in [0.2, 0.25) is 0 Å². The van der Waals surface area contributed by atoms with Crippen molar-refractivity contribution in [3.05, 3.63) is 17.5 Å². The molecule has 5 heteroatoms. The summed E-state index contributed by atoms with van der Waals surface area (Å²) in [4.78, 5) is 0. The van der Waals surface area contributed by atoms with Crippen LogP contribution in [0.4, 0.5) is 8.78 Å². The fourth-order valence-corrected chi connectivity index (χ4v) is 1.07. The number of aromatic nitrogens is 2. The molecule has 0 saturated heterocycles. The van der Waals surface area contributed by atoms with E-state index in [1.807, 2.05) is 0 Å². The SMILES string of the molecule is Cc1cn(C)nc1C(F)(F)Cl. The number of alkyl halides is 3. The second kappa shape index (κ2) is 2.44. The maximum Gasteiger partial charge on any atom is 0.366 e. The molecule has 0 bridgehead atoms. The summed E-state index contributed by atoms with van der Waals surface area (Å²) in [7, 11) is 1.57. The summed E-state index contributed by atoms with van der Waals surface area (Å²) >= 11 is 4.77. The summed E-state index contributed by atoms with van der Waals surface area (Å²) < 4.78 is 26.1. The van der Waals surface area contributed by atoms with Crippen LogP contribution in [0.5, 0.6) is 0 Å². The highest BCUT2D eigenvalue weighted by Gasteiger charge is 2.32. The molecule has 0 aliphatic rings. The van der Waals surface area contributed by atoms with Crippen LogP contribution in [0.15, 0.2) is 6.20 Å². The molecule has 0 aliphatic heterocycles. The summed E-state index contributed by atoms with van der Waals surface area (Å²) in [6, 6.07) is 0. The highest BCUT2D eigenvalue weighted by Crippen LogP contribution is 2.32. The first-order valence-electron chi connectivity index (χ1n) is 2.98. The molecule has 1 aromatic rings. The van der Waals surface area contributed by atoms with Crippen molar-refractivity contribution in [1.82, 2.24) is 9.78 Å². The van der Waals surface area contributed by atoms with Gasteiger partial charge < -0.3 is 0 Å². The molecule has 62 valence electrons. The Morgan fingerprint density at radius 2 is 2.18 bits per heavy atom. The van der Waals surface area contributed by atoms with Gasteiger partial charge in [-0.15, -0.1) is 0 Å². The van der Waals surface area contributed by atoms with Gasteiger partial charge in [-0.2, -0.15) is 13.9 Å². The largest absolute Gasteiger partial charge is 0.366 e. The Hall–Kier alpha value is -0.640. The Morgan fingerprint density at radius 3 is 2.36 bits per heavy atom. The second-order valence-corrected chi connectivity index (χ2v) is 2.81. The lowest BCUT2D eigenvalue weighted by Crippen LogP contribution is -2.06. The van der Waals surface area contributed by atoms with Crippen molar-refractivity contribution in [2.75, 3.05) is 0 Å². The average molecular weight is 181 g/mol. The number of aryl methyl sites for hydroxylation is 2. The zero-order chi connectivity index (χ0) is 8.65. The molecule has 2 nitrogen and oxygen atoms in total. The zero-order valence-electron chi connectivity index (χ0n) is 6.11. The molecule has 0 fully saturated rings. The van der Waals surface area contributed by atoms with Gasteiger partial charge in [0.25, 0.3) is 0 Å². The van der Waals surface area contributed by atoms with Gasteiger partial charge in [0, 0.05) is 13.2 Å². The summed E-state index contributed by atoms with van der Waals surface area (Å²) in [5.41, 5.74) is 0.0224. The summed E-state index contributed by atoms with van der Waals surface area (Å²) in [5, 5.41) is 0.160. The number of nitrogens with zero attached hydrogens (tertiary/aromatic N) is 2. The van der Waals surface area contributed by atoms with Crippen molar-refractivity contribution in [2.24, 2.45) is 7.05 Å². The molecule has 0 saturated carbocycles. The minimum absolute atomic E-state index is 0.373. The molecule has 1 rings (SSSR count). The van der Waals surface area contributed by atoms with Crippen LogP contribution in [0.25, 0.3) is 0 Å². The zero-order valence-corrected chi connectivity index (χ0v) is 6.86. The highest BCUT2D eigenvalue weighted by molar-refractivity contribution is 6.21. The van der Waals surface area contributed by atoms with E-state index in [0.717, 1.165) is 0 Å². The van der Waals surface area contributed by atoms with E-state index in [4.69, 9.17) is 11.6 Å². The molecule has 11 heavy (non-hydrogen) atoms. The lowest BCUT2D eigenvalue weighted by atomic mass is 10.3. The molecule has 0 spiro atoms. The molecule has 0 unspecified atom stereocenters. The Labute approximate surface area is 67.8 Å². The van der Waals surface area contributed by atoms with Gasteiger partial charge in [-0.1, -0.05) is 0 Å². The predicted octanol–water partition coefficient (Wildman–Crippen LogP) is 2.02. The third-order valence-electron chi connectivity index (χ3n) is 1.28. The van der Waals surface area contributed by atoms with Crippen LogP contribution in [0.1, 0.15) is 11.3 Å². The molecule has 0 radical (unpaired) electrons. The fraction of sp³-hybridized carbons (Fsp3) is 0.500. The van der Waals surface area contributed by atoms with Gasteiger partial charge in [0.15, 0.2) is 5.69 Å². The van der Waals surface area contributed by atoms with E-state index in [0.29, 0.717) is 5.56 Å². The summed E-state index contributed by atoms with van der Waals surface area (Å²) in [6.07, 6.45) is 1.49. The minimum atomic E-state index is -3.36. The Kier molecular flexibility index (Phi) is 1.88. The van der Waals surface area contributed by atoms with Crippen molar-refractivity contribution < 1.29 is 8.78 Å². The maximum absolute atomic E-state index is 12.4. The van der Waals surface area contributed by atoms with E-state index in [1.54, 1.807) is 14.0 Å². The number of halogens is 3. The smallest absolute Gasteiger partial charge is 0.275 e. The van der Waals surface area contributed by atoms with Gasteiger partial charge >= 0.3 is 5.38 Å². The van der Waals surface area contributed by atoms with Crippen molar-refractivity contribution in [2.45, 2.75) is 12.3 Å². The van der Waals surface area contributed by atoms with Crippen LogP contribution >= 0.6 is 11.6 Å². The molecule has 0 aromatic carbocycles. The quantitative estimate of drug-likeness (QED) is 0.605. The van der Waals surface area contributed by atoms with Gasteiger partial charge in [-0.05, 0) is 24.1 Å². The van der Waals surface area contributed by atoms with Gasteiger partial charge in [-0.3, -0.25) is 4.68 Å². The first kappa shape index (κ1) is 8.46. The first-order valence-corrected chi connectivity index (χ1v) is 3.36. The average Bonchev–Trinajstić information content (AvgIpc) is 2.08. The van der Waals surface area contributed by atoms with E-state index < -0.39 is 5.38 Å². The van der Waals surface area contributed by atoms with Crippen LogP contribution in [-0.2, 0) is 12.4 Å². The highest BCUT2D eigenvalue weighted by atomic mass is 35.5. The van der Waals surface area contributed by atoms with Gasteiger partial charge in [-0.25, -0.2) is 0 Å². The fourth-order valence-electron chi connectivity index (χ4n) is 0.887. The Balaban J connectivity index is 3.13. The first-order chi connectivity index (χ1) is 4.91. The molecule has 0 atom stereocenters. The van der Waals surface area contributed by atoms with Gasteiger partial charge in [0.05, 0.1) is 0 Å². The topological polar surface area (TPSA) is 17.8 Å². The Morgan fingerprint density at radius 1 is 1.64 bits per heavy atom. The van der Waals surface area contributed by atoms with Crippen molar-refractivity contribution in [3.8, 4) is 0 Å². The second-order valence-electron chi connectivity index (χ2n) is 2.33. The molecule has 1 heterocycles. The van der Waals surface area contributed by atoms with Crippen LogP contribution < -0.4 is 0 Å². The molecule has 0 N–H and O–H groups in total.